The van der Waals surface area contributed by atoms with E-state index in [2.05, 4.69) is 41.4 Å². The monoisotopic (exact) mass is 291 g/mol. The first-order valence-corrected chi connectivity index (χ1v) is 8.04. The van der Waals surface area contributed by atoms with Crippen LogP contribution in [0.2, 0.25) is 0 Å². The Balaban J connectivity index is 2.12. The Hall–Kier alpha value is -1.33. The smallest absolute Gasteiger partial charge is 0.231 e. The number of nitrogens with zero attached hydrogens (tertiary/aromatic N) is 2. The van der Waals surface area contributed by atoms with E-state index in [0.29, 0.717) is 5.89 Å². The van der Waals surface area contributed by atoms with Gasteiger partial charge < -0.3 is 9.84 Å². The minimum Gasteiger partial charge on any atom is -0.339 e. The van der Waals surface area contributed by atoms with Crippen molar-refractivity contribution in [3.8, 4) is 0 Å². The molecule has 0 saturated carbocycles. The van der Waals surface area contributed by atoms with Crippen molar-refractivity contribution >= 4 is 11.8 Å². The second kappa shape index (κ2) is 7.45. The molecule has 0 saturated heterocycles. The highest BCUT2D eigenvalue weighted by molar-refractivity contribution is 7.98. The van der Waals surface area contributed by atoms with Crippen LogP contribution >= 0.6 is 11.8 Å². The van der Waals surface area contributed by atoms with Crippen LogP contribution in [0.5, 0.6) is 0 Å². The van der Waals surface area contributed by atoms with Crippen LogP contribution in [0.3, 0.4) is 0 Å². The number of aromatic nitrogens is 2. The van der Waals surface area contributed by atoms with Gasteiger partial charge in [0, 0.05) is 6.04 Å². The Labute approximate surface area is 124 Å². The summed E-state index contributed by atoms with van der Waals surface area (Å²) in [5, 5.41) is 7.39. The molecule has 2 atom stereocenters. The second-order valence-corrected chi connectivity index (χ2v) is 5.93. The lowest BCUT2D eigenvalue weighted by Gasteiger charge is -2.21. The molecule has 1 heterocycles. The molecule has 0 aliphatic rings. The average Bonchev–Trinajstić information content (AvgIpc) is 2.96. The van der Waals surface area contributed by atoms with E-state index in [9.17, 15) is 0 Å². The molecular weight excluding hydrogens is 270 g/mol. The maximum atomic E-state index is 5.41. The van der Waals surface area contributed by atoms with Gasteiger partial charge >= 0.3 is 0 Å². The number of rotatable bonds is 7. The predicted octanol–water partition coefficient (Wildman–Crippen LogP) is 3.39. The zero-order valence-corrected chi connectivity index (χ0v) is 13.0. The van der Waals surface area contributed by atoms with Gasteiger partial charge in [-0.1, -0.05) is 49.3 Å². The van der Waals surface area contributed by atoms with E-state index in [1.807, 2.05) is 25.2 Å². The Bertz CT molecular complexity index is 515. The molecule has 20 heavy (non-hydrogen) atoms. The first-order valence-electron chi connectivity index (χ1n) is 6.88. The zero-order valence-electron chi connectivity index (χ0n) is 12.2. The van der Waals surface area contributed by atoms with Crippen molar-refractivity contribution in [1.29, 1.82) is 0 Å². The van der Waals surface area contributed by atoms with Gasteiger partial charge in [0.1, 0.15) is 0 Å². The summed E-state index contributed by atoms with van der Waals surface area (Å²) in [5.74, 6) is 3.47. The van der Waals surface area contributed by atoms with Crippen LogP contribution in [0.15, 0.2) is 34.9 Å². The summed E-state index contributed by atoms with van der Waals surface area (Å²) < 4.78 is 5.41. The maximum Gasteiger partial charge on any atom is 0.231 e. The van der Waals surface area contributed by atoms with Crippen LogP contribution in [0.4, 0.5) is 0 Å². The van der Waals surface area contributed by atoms with E-state index in [-0.39, 0.29) is 12.0 Å². The molecule has 2 rings (SSSR count). The Morgan fingerprint density at radius 3 is 2.70 bits per heavy atom. The van der Waals surface area contributed by atoms with Gasteiger partial charge in [-0.3, -0.25) is 0 Å². The number of benzene rings is 1. The lowest BCUT2D eigenvalue weighted by Crippen LogP contribution is -2.22. The quantitative estimate of drug-likeness (QED) is 0.847. The lowest BCUT2D eigenvalue weighted by atomic mass is 9.94. The zero-order chi connectivity index (χ0) is 14.4. The Morgan fingerprint density at radius 2 is 2.05 bits per heavy atom. The fourth-order valence-corrected chi connectivity index (χ4v) is 2.72. The minimum atomic E-state index is 0.135. The van der Waals surface area contributed by atoms with Gasteiger partial charge in [0.15, 0.2) is 5.82 Å². The van der Waals surface area contributed by atoms with Crippen molar-refractivity contribution in [3.63, 3.8) is 0 Å². The predicted molar refractivity (Wildman–Crippen MR) is 82.8 cm³/mol. The highest BCUT2D eigenvalue weighted by atomic mass is 32.2. The Kier molecular flexibility index (Phi) is 5.61. The minimum absolute atomic E-state index is 0.135. The topological polar surface area (TPSA) is 51.0 Å². The first-order chi connectivity index (χ1) is 9.76. The molecule has 4 nitrogen and oxygen atoms in total. The number of thioether (sulfide) groups is 1. The third-order valence-electron chi connectivity index (χ3n) is 3.28. The molecule has 0 spiro atoms. The first kappa shape index (κ1) is 15.1. The average molecular weight is 291 g/mol. The van der Waals surface area contributed by atoms with Gasteiger partial charge in [0.05, 0.1) is 11.7 Å². The Morgan fingerprint density at radius 1 is 1.30 bits per heavy atom. The summed E-state index contributed by atoms with van der Waals surface area (Å²) in [6, 6.07) is 10.5. The maximum absolute atomic E-state index is 5.41. The third-order valence-corrected chi connectivity index (χ3v) is 4.15. The SMILES string of the molecule is CCSCc1noc(C(C)C(NC)c2ccccc2)n1. The van der Waals surface area contributed by atoms with Crippen LogP contribution in [0.1, 0.15) is 43.1 Å². The molecule has 2 unspecified atom stereocenters. The molecule has 0 fully saturated rings. The molecule has 0 bridgehead atoms. The van der Waals surface area contributed by atoms with Crippen molar-refractivity contribution in [2.24, 2.45) is 0 Å². The number of likely N-dealkylation sites (N-methyl/N-ethyl adjacent to an activating group) is 1. The molecule has 0 amide bonds. The summed E-state index contributed by atoms with van der Waals surface area (Å²) >= 11 is 1.80. The summed E-state index contributed by atoms with van der Waals surface area (Å²) in [6.07, 6.45) is 0. The molecular formula is C15H21N3OS. The second-order valence-electron chi connectivity index (χ2n) is 4.65. The molecule has 2 aromatic rings. The lowest BCUT2D eigenvalue weighted by molar-refractivity contribution is 0.329. The van der Waals surface area contributed by atoms with Crippen LogP contribution in [-0.4, -0.2) is 22.9 Å². The summed E-state index contributed by atoms with van der Waals surface area (Å²) in [6.45, 7) is 4.24. The highest BCUT2D eigenvalue weighted by Gasteiger charge is 2.24. The van der Waals surface area contributed by atoms with E-state index in [1.54, 1.807) is 11.8 Å². The molecule has 0 radical (unpaired) electrons. The molecule has 5 heteroatoms. The molecule has 1 N–H and O–H groups in total. The van der Waals surface area contributed by atoms with Crippen LogP contribution < -0.4 is 5.32 Å². The van der Waals surface area contributed by atoms with Crippen molar-refractivity contribution in [2.75, 3.05) is 12.8 Å². The van der Waals surface area contributed by atoms with Crippen molar-refractivity contribution in [3.05, 3.63) is 47.6 Å². The van der Waals surface area contributed by atoms with E-state index >= 15 is 0 Å². The highest BCUT2D eigenvalue weighted by Crippen LogP contribution is 2.29. The van der Waals surface area contributed by atoms with Gasteiger partial charge in [0.25, 0.3) is 0 Å². The molecule has 1 aromatic carbocycles. The van der Waals surface area contributed by atoms with Crippen LogP contribution in [0.25, 0.3) is 0 Å². The summed E-state index contributed by atoms with van der Waals surface area (Å²) in [4.78, 5) is 4.50. The van der Waals surface area contributed by atoms with E-state index < -0.39 is 0 Å². The normalized spacial score (nSPS) is 14.2. The summed E-state index contributed by atoms with van der Waals surface area (Å²) in [7, 11) is 1.96. The van der Waals surface area contributed by atoms with Gasteiger partial charge in [-0.2, -0.15) is 16.7 Å². The van der Waals surface area contributed by atoms with Crippen molar-refractivity contribution in [1.82, 2.24) is 15.5 Å². The van der Waals surface area contributed by atoms with Crippen LogP contribution in [0, 0.1) is 0 Å². The largest absolute Gasteiger partial charge is 0.339 e. The fraction of sp³-hybridized carbons (Fsp3) is 0.467. The summed E-state index contributed by atoms with van der Waals surface area (Å²) in [5.41, 5.74) is 1.23. The molecule has 0 aliphatic heterocycles. The third kappa shape index (κ3) is 3.61. The fourth-order valence-electron chi connectivity index (χ4n) is 2.21. The van der Waals surface area contributed by atoms with Gasteiger partial charge in [-0.15, -0.1) is 0 Å². The van der Waals surface area contributed by atoms with E-state index in [0.717, 1.165) is 17.3 Å². The van der Waals surface area contributed by atoms with E-state index in [1.165, 1.54) is 5.56 Å². The molecule has 108 valence electrons. The standard InChI is InChI=1S/C15H21N3OS/c1-4-20-10-13-17-15(19-18-13)11(2)14(16-3)12-8-6-5-7-9-12/h5-9,11,14,16H,4,10H2,1-3H3. The van der Waals surface area contributed by atoms with Gasteiger partial charge in [-0.05, 0) is 18.4 Å². The van der Waals surface area contributed by atoms with E-state index in [4.69, 9.17) is 4.52 Å². The van der Waals surface area contributed by atoms with Crippen molar-refractivity contribution in [2.45, 2.75) is 31.6 Å². The van der Waals surface area contributed by atoms with Crippen molar-refractivity contribution < 1.29 is 4.52 Å². The number of nitrogens with one attached hydrogen (secondary N) is 1. The van der Waals surface area contributed by atoms with Gasteiger partial charge in [-0.25, -0.2) is 0 Å². The number of hydrogen-bond donors (Lipinski definition) is 1. The van der Waals surface area contributed by atoms with Crippen LogP contribution in [-0.2, 0) is 5.75 Å². The van der Waals surface area contributed by atoms with Gasteiger partial charge in [0.2, 0.25) is 5.89 Å². The molecule has 0 aliphatic carbocycles. The molecule has 1 aromatic heterocycles. The number of hydrogen-bond acceptors (Lipinski definition) is 5.